The van der Waals surface area contributed by atoms with Crippen LogP contribution in [0.25, 0.3) is 10.8 Å². The molecule has 1 heterocycles. The van der Waals surface area contributed by atoms with E-state index in [0.29, 0.717) is 0 Å². The third-order valence-electron chi connectivity index (χ3n) is 4.70. The summed E-state index contributed by atoms with van der Waals surface area (Å²) in [4.78, 5) is 36.7. The highest BCUT2D eigenvalue weighted by molar-refractivity contribution is 7.92. The normalized spacial score (nSPS) is 11.1. The number of H-pyrrole nitrogens is 1. The molecule has 34 heavy (non-hydrogen) atoms. The number of hydrogen-bond donors (Lipinski definition) is 4. The monoisotopic (exact) mass is 481 g/mol. The highest BCUT2D eigenvalue weighted by atomic mass is 32.2. The maximum Gasteiger partial charge on any atom is 0.290 e. The van der Waals surface area contributed by atoms with E-state index in [4.69, 9.17) is 0 Å². The van der Waals surface area contributed by atoms with Crippen molar-refractivity contribution in [2.75, 3.05) is 4.72 Å². The molecule has 0 aliphatic heterocycles. The number of aromatic amines is 1. The number of hydrogen-bond acceptors (Lipinski definition) is 6. The van der Waals surface area contributed by atoms with Crippen molar-refractivity contribution in [3.63, 3.8) is 0 Å². The van der Waals surface area contributed by atoms with Crippen molar-refractivity contribution in [2.24, 2.45) is 0 Å². The van der Waals surface area contributed by atoms with Crippen LogP contribution in [0.15, 0.2) is 82.5 Å². The first-order valence-electron chi connectivity index (χ1n) is 9.71. The number of hydrazine groups is 1. The molecule has 3 aromatic carbocycles. The first-order valence-corrected chi connectivity index (χ1v) is 11.2. The summed E-state index contributed by atoms with van der Waals surface area (Å²) in [6.45, 7) is 0. The molecule has 172 valence electrons. The summed E-state index contributed by atoms with van der Waals surface area (Å²) in [5, 5.41) is 6.49. The first kappa shape index (κ1) is 22.6. The summed E-state index contributed by atoms with van der Waals surface area (Å²) in [5.74, 6) is -2.10. The smallest absolute Gasteiger partial charge is 0.280 e. The summed E-state index contributed by atoms with van der Waals surface area (Å²) in [5.41, 5.74) is 3.88. The van der Waals surface area contributed by atoms with Crippen LogP contribution in [0.2, 0.25) is 0 Å². The first-order chi connectivity index (χ1) is 16.2. The maximum absolute atomic E-state index is 13.0. The fourth-order valence-electron chi connectivity index (χ4n) is 3.07. The largest absolute Gasteiger partial charge is 0.290 e. The second kappa shape index (κ2) is 9.11. The van der Waals surface area contributed by atoms with Crippen molar-refractivity contribution in [2.45, 2.75) is 4.90 Å². The van der Waals surface area contributed by atoms with Gasteiger partial charge in [-0.3, -0.25) is 30.0 Å². The van der Waals surface area contributed by atoms with E-state index in [9.17, 15) is 27.2 Å². The summed E-state index contributed by atoms with van der Waals surface area (Å²) < 4.78 is 40.6. The molecule has 0 fully saturated rings. The molecule has 0 aliphatic rings. The Hall–Kier alpha value is -4.58. The van der Waals surface area contributed by atoms with Gasteiger partial charge in [0.15, 0.2) is 5.69 Å². The summed E-state index contributed by atoms with van der Waals surface area (Å²) in [7, 11) is -4.07. The number of aromatic nitrogens is 2. The number of carbonyl (C=O) groups excluding carboxylic acids is 2. The van der Waals surface area contributed by atoms with Crippen LogP contribution in [0.5, 0.6) is 0 Å². The molecule has 0 aliphatic carbocycles. The van der Waals surface area contributed by atoms with Crippen LogP contribution in [0.3, 0.4) is 0 Å². The Morgan fingerprint density at radius 2 is 1.53 bits per heavy atom. The Balaban J connectivity index is 1.49. The van der Waals surface area contributed by atoms with Crippen LogP contribution >= 0.6 is 0 Å². The predicted octanol–water partition coefficient (Wildman–Crippen LogP) is 1.94. The van der Waals surface area contributed by atoms with Gasteiger partial charge in [0, 0.05) is 16.6 Å². The molecule has 4 rings (SSSR count). The number of carbonyl (C=O) groups is 2. The van der Waals surface area contributed by atoms with Gasteiger partial charge in [-0.25, -0.2) is 17.9 Å². The van der Waals surface area contributed by atoms with Gasteiger partial charge in [-0.15, -0.1) is 0 Å². The summed E-state index contributed by atoms with van der Waals surface area (Å²) >= 11 is 0. The van der Waals surface area contributed by atoms with Crippen LogP contribution in [-0.2, 0) is 10.0 Å². The Bertz CT molecular complexity index is 1570. The van der Waals surface area contributed by atoms with Gasteiger partial charge in [-0.1, -0.05) is 24.3 Å². The molecule has 0 saturated heterocycles. The van der Waals surface area contributed by atoms with Crippen molar-refractivity contribution in [3.8, 4) is 0 Å². The molecule has 1 aromatic heterocycles. The number of halogens is 1. The number of benzene rings is 3. The molecule has 0 atom stereocenters. The zero-order valence-electron chi connectivity index (χ0n) is 17.2. The second-order valence-electron chi connectivity index (χ2n) is 7.00. The van der Waals surface area contributed by atoms with Crippen LogP contribution in [0, 0.1) is 5.82 Å². The summed E-state index contributed by atoms with van der Waals surface area (Å²) in [6, 6.07) is 16.1. The van der Waals surface area contributed by atoms with Crippen molar-refractivity contribution in [3.05, 3.63) is 100 Å². The number of amides is 2. The lowest BCUT2D eigenvalue weighted by molar-refractivity contribution is 0.0844. The van der Waals surface area contributed by atoms with Crippen molar-refractivity contribution < 1.29 is 22.4 Å². The van der Waals surface area contributed by atoms with Crippen molar-refractivity contribution >= 4 is 38.3 Å². The lowest BCUT2D eigenvalue weighted by atomic mass is 10.1. The van der Waals surface area contributed by atoms with E-state index in [-0.39, 0.29) is 32.6 Å². The molecule has 0 radical (unpaired) electrons. The Kier molecular flexibility index (Phi) is 6.06. The standard InChI is InChI=1S/C22H16FN5O5S/c23-14-8-10-15(11-9-14)28-34(32,33)16-5-3-4-13(12-16)20(29)25-27-22(31)19-17-6-1-2-7-18(17)21(30)26-24-19/h1-12,28H,(H,25,29)(H,26,30)(H,27,31). The third-order valence-corrected chi connectivity index (χ3v) is 6.08. The molecular weight excluding hydrogens is 465 g/mol. The lowest BCUT2D eigenvalue weighted by Gasteiger charge is -2.11. The van der Waals surface area contributed by atoms with E-state index in [2.05, 4.69) is 25.8 Å². The average Bonchev–Trinajstić information content (AvgIpc) is 2.84. The predicted molar refractivity (Wildman–Crippen MR) is 121 cm³/mol. The Labute approximate surface area is 191 Å². The molecule has 4 aromatic rings. The van der Waals surface area contributed by atoms with Crippen LogP contribution < -0.4 is 21.1 Å². The van der Waals surface area contributed by atoms with Gasteiger partial charge >= 0.3 is 0 Å². The minimum Gasteiger partial charge on any atom is -0.280 e. The number of sulfonamides is 1. The number of nitrogens with zero attached hydrogens (tertiary/aromatic N) is 1. The van der Waals surface area contributed by atoms with Crippen LogP contribution in [-0.4, -0.2) is 30.4 Å². The summed E-state index contributed by atoms with van der Waals surface area (Å²) in [6.07, 6.45) is 0. The highest BCUT2D eigenvalue weighted by Gasteiger charge is 2.18. The van der Waals surface area contributed by atoms with E-state index in [0.717, 1.165) is 18.2 Å². The lowest BCUT2D eigenvalue weighted by Crippen LogP contribution is -2.42. The zero-order chi connectivity index (χ0) is 24.3. The van der Waals surface area contributed by atoms with Crippen LogP contribution in [0.4, 0.5) is 10.1 Å². The van der Waals surface area contributed by atoms with Gasteiger partial charge in [-0.05, 0) is 48.5 Å². The molecular formula is C22H16FN5O5S. The van der Waals surface area contributed by atoms with Gasteiger partial charge in [0.1, 0.15) is 5.82 Å². The molecule has 4 N–H and O–H groups in total. The highest BCUT2D eigenvalue weighted by Crippen LogP contribution is 2.18. The molecule has 0 unspecified atom stereocenters. The van der Waals surface area contributed by atoms with E-state index in [1.165, 1.54) is 42.5 Å². The Morgan fingerprint density at radius 3 is 2.26 bits per heavy atom. The van der Waals surface area contributed by atoms with Crippen LogP contribution in [0.1, 0.15) is 20.8 Å². The minimum absolute atomic E-state index is 0.0541. The molecule has 12 heteroatoms. The SMILES string of the molecule is O=C(NNC(=O)c1n[nH]c(=O)c2ccccc12)c1cccc(S(=O)(=O)Nc2ccc(F)cc2)c1. The third kappa shape index (κ3) is 4.76. The van der Waals surface area contributed by atoms with Gasteiger partial charge in [0.25, 0.3) is 27.4 Å². The van der Waals surface area contributed by atoms with Crippen molar-refractivity contribution in [1.29, 1.82) is 0 Å². The number of anilines is 1. The maximum atomic E-state index is 13.0. The van der Waals surface area contributed by atoms with Gasteiger partial charge in [-0.2, -0.15) is 5.10 Å². The fourth-order valence-corrected chi connectivity index (χ4v) is 4.17. The topological polar surface area (TPSA) is 150 Å². The Morgan fingerprint density at radius 1 is 0.853 bits per heavy atom. The molecule has 10 nitrogen and oxygen atoms in total. The van der Waals surface area contributed by atoms with E-state index in [1.807, 2.05) is 0 Å². The average molecular weight is 481 g/mol. The van der Waals surface area contributed by atoms with Gasteiger partial charge < -0.3 is 0 Å². The molecule has 0 bridgehead atoms. The van der Waals surface area contributed by atoms with Gasteiger partial charge in [0.05, 0.1) is 10.3 Å². The number of fused-ring (bicyclic) bond motifs is 1. The number of nitrogens with one attached hydrogen (secondary N) is 4. The minimum atomic E-state index is -4.07. The fraction of sp³-hybridized carbons (Fsp3) is 0. The number of rotatable bonds is 5. The molecule has 2 amide bonds. The molecule has 0 saturated carbocycles. The van der Waals surface area contributed by atoms with E-state index in [1.54, 1.807) is 12.1 Å². The van der Waals surface area contributed by atoms with E-state index < -0.39 is 33.2 Å². The van der Waals surface area contributed by atoms with E-state index >= 15 is 0 Å². The zero-order valence-corrected chi connectivity index (χ0v) is 18.0. The van der Waals surface area contributed by atoms with Gasteiger partial charge in [0.2, 0.25) is 0 Å². The molecule has 0 spiro atoms. The van der Waals surface area contributed by atoms with Crippen molar-refractivity contribution in [1.82, 2.24) is 21.0 Å². The quantitative estimate of drug-likeness (QED) is 0.320. The second-order valence-corrected chi connectivity index (χ2v) is 8.68.